The first-order chi connectivity index (χ1) is 11.2. The molecule has 116 valence electrons. The van der Waals surface area contributed by atoms with E-state index in [4.69, 9.17) is 4.98 Å². The second kappa shape index (κ2) is 5.78. The van der Waals surface area contributed by atoms with Crippen LogP contribution in [0.2, 0.25) is 0 Å². The summed E-state index contributed by atoms with van der Waals surface area (Å²) < 4.78 is 0. The fourth-order valence-electron chi connectivity index (χ4n) is 2.98. The minimum Gasteiger partial charge on any atom is -0.378 e. The van der Waals surface area contributed by atoms with Crippen molar-refractivity contribution >= 4 is 39.7 Å². The summed E-state index contributed by atoms with van der Waals surface area (Å²) in [6.07, 6.45) is 0. The number of nitrogens with zero attached hydrogens (tertiary/aromatic N) is 2. The number of aromatic nitrogens is 1. The van der Waals surface area contributed by atoms with Crippen molar-refractivity contribution in [3.8, 4) is 0 Å². The first-order valence-corrected chi connectivity index (χ1v) is 8.90. The lowest BCUT2D eigenvalue weighted by Gasteiger charge is -2.17. The van der Waals surface area contributed by atoms with Crippen molar-refractivity contribution < 1.29 is 0 Å². The fraction of sp³-hybridized carbons (Fsp3) is 0.211. The van der Waals surface area contributed by atoms with Gasteiger partial charge in [-0.15, -0.1) is 0 Å². The molecule has 0 bridgehead atoms. The molecule has 1 aromatic heterocycles. The third-order valence-electron chi connectivity index (χ3n) is 4.20. The van der Waals surface area contributed by atoms with E-state index in [1.165, 1.54) is 28.0 Å². The number of fused-ring (bicyclic) bond motifs is 2. The summed E-state index contributed by atoms with van der Waals surface area (Å²) in [5.74, 6) is 2.04. The van der Waals surface area contributed by atoms with Gasteiger partial charge >= 0.3 is 0 Å². The zero-order valence-corrected chi connectivity index (χ0v) is 14.2. The number of para-hydroxylation sites is 1. The Morgan fingerprint density at radius 2 is 1.91 bits per heavy atom. The molecule has 23 heavy (non-hydrogen) atoms. The van der Waals surface area contributed by atoms with Gasteiger partial charge in [-0.25, -0.2) is 0 Å². The Kier molecular flexibility index (Phi) is 3.62. The lowest BCUT2D eigenvalue weighted by Crippen LogP contribution is -2.08. The third kappa shape index (κ3) is 2.63. The highest BCUT2D eigenvalue weighted by molar-refractivity contribution is 7.98. The van der Waals surface area contributed by atoms with Crippen LogP contribution >= 0.6 is 11.8 Å². The molecule has 4 rings (SSSR count). The van der Waals surface area contributed by atoms with Crippen LogP contribution in [0, 0.1) is 0 Å². The van der Waals surface area contributed by atoms with E-state index in [1.807, 2.05) is 11.8 Å². The Balaban J connectivity index is 1.84. The van der Waals surface area contributed by atoms with E-state index in [0.29, 0.717) is 0 Å². The zero-order valence-electron chi connectivity index (χ0n) is 13.3. The van der Waals surface area contributed by atoms with Crippen molar-refractivity contribution in [1.29, 1.82) is 0 Å². The number of benzene rings is 2. The van der Waals surface area contributed by atoms with E-state index in [2.05, 4.69) is 72.8 Å². The number of anilines is 3. The highest BCUT2D eigenvalue weighted by Gasteiger charge is 2.20. The summed E-state index contributed by atoms with van der Waals surface area (Å²) in [7, 11) is 4.13. The van der Waals surface area contributed by atoms with E-state index in [0.717, 1.165) is 22.7 Å². The summed E-state index contributed by atoms with van der Waals surface area (Å²) in [6.45, 7) is 0. The molecule has 1 aliphatic heterocycles. The number of pyridine rings is 1. The molecule has 0 aliphatic carbocycles. The predicted molar refractivity (Wildman–Crippen MR) is 101 cm³/mol. The summed E-state index contributed by atoms with van der Waals surface area (Å²) in [5, 5.41) is 4.86. The molecule has 0 unspecified atom stereocenters. The van der Waals surface area contributed by atoms with E-state index >= 15 is 0 Å². The van der Waals surface area contributed by atoms with Crippen molar-refractivity contribution in [1.82, 2.24) is 4.98 Å². The van der Waals surface area contributed by atoms with Crippen LogP contribution in [0.5, 0.6) is 0 Å². The van der Waals surface area contributed by atoms with Gasteiger partial charge in [-0.2, -0.15) is 11.8 Å². The van der Waals surface area contributed by atoms with Crippen molar-refractivity contribution in [2.75, 3.05) is 24.3 Å². The molecular weight excluding hydrogens is 302 g/mol. The van der Waals surface area contributed by atoms with Crippen LogP contribution in [0.3, 0.4) is 0 Å². The first-order valence-electron chi connectivity index (χ1n) is 7.75. The Bertz CT molecular complexity index is 874. The van der Waals surface area contributed by atoms with Crippen molar-refractivity contribution in [3.63, 3.8) is 0 Å². The fourth-order valence-corrected chi connectivity index (χ4v) is 4.03. The van der Waals surface area contributed by atoms with E-state index in [1.54, 1.807) is 0 Å². The summed E-state index contributed by atoms with van der Waals surface area (Å²) in [6, 6.07) is 16.9. The van der Waals surface area contributed by atoms with E-state index < -0.39 is 0 Å². The predicted octanol–water partition coefficient (Wildman–Crippen LogP) is 4.79. The lowest BCUT2D eigenvalue weighted by molar-refractivity contribution is 1.13. The van der Waals surface area contributed by atoms with Gasteiger partial charge in [-0.05, 0) is 24.3 Å². The molecule has 1 aliphatic rings. The summed E-state index contributed by atoms with van der Waals surface area (Å²) in [4.78, 5) is 6.96. The highest BCUT2D eigenvalue weighted by atomic mass is 32.2. The average molecular weight is 321 g/mol. The maximum Gasteiger partial charge on any atom is 0.0726 e. The Morgan fingerprint density at radius 3 is 2.78 bits per heavy atom. The molecule has 0 spiro atoms. The summed E-state index contributed by atoms with van der Waals surface area (Å²) in [5.41, 5.74) is 7.17. The van der Waals surface area contributed by atoms with E-state index in [-0.39, 0.29) is 0 Å². The Labute approximate surface area is 140 Å². The topological polar surface area (TPSA) is 28.2 Å². The van der Waals surface area contributed by atoms with Gasteiger partial charge in [0.2, 0.25) is 0 Å². The molecule has 0 fully saturated rings. The van der Waals surface area contributed by atoms with Gasteiger partial charge in [-0.3, -0.25) is 4.98 Å². The second-order valence-electron chi connectivity index (χ2n) is 5.99. The van der Waals surface area contributed by atoms with Gasteiger partial charge in [-0.1, -0.05) is 24.3 Å². The standard InChI is InChI=1S/C19H19N3S/c1-22(2)14-7-5-6-13(10-14)20-19-15-8-3-4-9-17(15)21-18-12-23-11-16(18)19/h3-10H,11-12H2,1-2H3,(H,20,21). The molecule has 2 heterocycles. The van der Waals surface area contributed by atoms with E-state index in [9.17, 15) is 0 Å². The first kappa shape index (κ1) is 14.4. The van der Waals surface area contributed by atoms with Gasteiger partial charge in [0.15, 0.2) is 0 Å². The van der Waals surface area contributed by atoms with Crippen LogP contribution in [-0.2, 0) is 11.5 Å². The lowest BCUT2D eigenvalue weighted by atomic mass is 10.1. The van der Waals surface area contributed by atoms with Crippen molar-refractivity contribution in [2.45, 2.75) is 11.5 Å². The highest BCUT2D eigenvalue weighted by Crippen LogP contribution is 2.39. The van der Waals surface area contributed by atoms with Gasteiger partial charge < -0.3 is 10.2 Å². The van der Waals surface area contributed by atoms with Gasteiger partial charge in [0.1, 0.15) is 0 Å². The molecule has 3 nitrogen and oxygen atoms in total. The molecule has 2 aromatic carbocycles. The largest absolute Gasteiger partial charge is 0.378 e. The minimum atomic E-state index is 1.01. The van der Waals surface area contributed by atoms with Crippen LogP contribution in [-0.4, -0.2) is 19.1 Å². The van der Waals surface area contributed by atoms with Crippen LogP contribution in [0.25, 0.3) is 10.9 Å². The number of thioether (sulfide) groups is 1. The average Bonchev–Trinajstić information content (AvgIpc) is 3.03. The maximum absolute atomic E-state index is 4.83. The number of hydrogen-bond acceptors (Lipinski definition) is 4. The van der Waals surface area contributed by atoms with Gasteiger partial charge in [0.05, 0.1) is 16.9 Å². The molecule has 0 amide bonds. The van der Waals surface area contributed by atoms with Gasteiger partial charge in [0.25, 0.3) is 0 Å². The monoisotopic (exact) mass is 321 g/mol. The molecule has 3 aromatic rings. The number of nitrogens with one attached hydrogen (secondary N) is 1. The van der Waals surface area contributed by atoms with Crippen molar-refractivity contribution in [3.05, 3.63) is 59.8 Å². The molecule has 0 saturated carbocycles. The smallest absolute Gasteiger partial charge is 0.0726 e. The summed E-state index contributed by atoms with van der Waals surface area (Å²) >= 11 is 1.94. The second-order valence-corrected chi connectivity index (χ2v) is 6.98. The maximum atomic E-state index is 4.83. The zero-order chi connectivity index (χ0) is 15.8. The van der Waals surface area contributed by atoms with Crippen LogP contribution < -0.4 is 10.2 Å². The molecule has 0 atom stereocenters. The number of hydrogen-bond donors (Lipinski definition) is 1. The number of rotatable bonds is 3. The normalized spacial score (nSPS) is 13.1. The minimum absolute atomic E-state index is 1.01. The molecule has 1 N–H and O–H groups in total. The third-order valence-corrected chi connectivity index (χ3v) is 5.17. The molecule has 0 radical (unpaired) electrons. The van der Waals surface area contributed by atoms with Crippen LogP contribution in [0.15, 0.2) is 48.5 Å². The van der Waals surface area contributed by atoms with Gasteiger partial charge in [0, 0.05) is 47.9 Å². The molecular formula is C19H19N3S. The van der Waals surface area contributed by atoms with Crippen LogP contribution in [0.1, 0.15) is 11.3 Å². The van der Waals surface area contributed by atoms with Crippen molar-refractivity contribution in [2.24, 2.45) is 0 Å². The quantitative estimate of drug-likeness (QED) is 0.750. The Hall–Kier alpha value is -2.20. The molecule has 0 saturated heterocycles. The Morgan fingerprint density at radius 1 is 1.04 bits per heavy atom. The van der Waals surface area contributed by atoms with Crippen LogP contribution in [0.4, 0.5) is 17.1 Å². The molecule has 4 heteroatoms. The SMILES string of the molecule is CN(C)c1cccc(Nc2c3c(nc4ccccc24)CSC3)c1.